The highest BCUT2D eigenvalue weighted by Gasteiger charge is 2.17. The van der Waals surface area contributed by atoms with Crippen LogP contribution in [0.4, 0.5) is 5.69 Å². The van der Waals surface area contributed by atoms with Gasteiger partial charge in [-0.25, -0.2) is 0 Å². The summed E-state index contributed by atoms with van der Waals surface area (Å²) in [5.74, 6) is 0.252. The number of nitriles is 1. The number of carbonyl (C=O) groups is 1. The maximum Gasteiger partial charge on any atom is 0.237 e. The lowest BCUT2D eigenvalue weighted by atomic mass is 10.1. The molecule has 0 spiro atoms. The molecule has 0 N–H and O–H groups in total. The van der Waals surface area contributed by atoms with Crippen LogP contribution in [0, 0.1) is 25.2 Å². The molecule has 24 heavy (non-hydrogen) atoms. The van der Waals surface area contributed by atoms with Gasteiger partial charge in [-0.1, -0.05) is 40.9 Å². The molecule has 0 atom stereocenters. The highest BCUT2D eigenvalue weighted by atomic mass is 32.2. The van der Waals surface area contributed by atoms with E-state index in [1.165, 1.54) is 23.1 Å². The number of amides is 1. The van der Waals surface area contributed by atoms with Crippen LogP contribution in [0.3, 0.4) is 0 Å². The number of hydrogen-bond acceptors (Lipinski definition) is 7. The van der Waals surface area contributed by atoms with E-state index in [2.05, 4.69) is 22.3 Å². The second-order valence-corrected chi connectivity index (χ2v) is 8.38. The lowest BCUT2D eigenvalue weighted by Crippen LogP contribution is -2.33. The molecule has 0 aliphatic rings. The Morgan fingerprint density at radius 1 is 1.25 bits per heavy atom. The van der Waals surface area contributed by atoms with E-state index < -0.39 is 0 Å². The van der Waals surface area contributed by atoms with Crippen molar-refractivity contribution >= 4 is 46.5 Å². The van der Waals surface area contributed by atoms with Gasteiger partial charge in [0, 0.05) is 12.2 Å². The molecule has 0 aliphatic heterocycles. The minimum absolute atomic E-state index is 0.0267. The zero-order valence-electron chi connectivity index (χ0n) is 13.8. The molecule has 0 saturated heterocycles. The molecule has 1 aromatic carbocycles. The van der Waals surface area contributed by atoms with Crippen molar-refractivity contribution in [1.29, 1.82) is 5.26 Å². The standard InChI is InChI=1S/C16H18N4OS3/c1-11-7-12(2)9-13(8-11)20(6-4-5-17)14(21)10-23-16-19-18-15(22-3)24-16/h7-9H,4,6,10H2,1-3H3. The fourth-order valence-corrected chi connectivity index (χ4v) is 4.52. The third kappa shape index (κ3) is 5.23. The van der Waals surface area contributed by atoms with E-state index in [-0.39, 0.29) is 11.7 Å². The summed E-state index contributed by atoms with van der Waals surface area (Å²) in [6, 6.07) is 8.13. The number of nitrogens with zero attached hydrogens (tertiary/aromatic N) is 4. The molecular weight excluding hydrogens is 360 g/mol. The first-order chi connectivity index (χ1) is 11.5. The van der Waals surface area contributed by atoms with Gasteiger partial charge in [0.05, 0.1) is 18.2 Å². The Kier molecular flexibility index (Phi) is 7.09. The number of benzene rings is 1. The van der Waals surface area contributed by atoms with Crippen molar-refractivity contribution in [1.82, 2.24) is 10.2 Å². The van der Waals surface area contributed by atoms with Gasteiger partial charge in [-0.05, 0) is 43.4 Å². The van der Waals surface area contributed by atoms with Crippen LogP contribution in [-0.2, 0) is 4.79 Å². The van der Waals surface area contributed by atoms with Crippen LogP contribution in [0.1, 0.15) is 17.5 Å². The van der Waals surface area contributed by atoms with Gasteiger partial charge in [-0.2, -0.15) is 5.26 Å². The molecule has 0 radical (unpaired) electrons. The van der Waals surface area contributed by atoms with E-state index in [1.54, 1.807) is 16.7 Å². The Bertz CT molecular complexity index is 734. The average Bonchev–Trinajstić information content (AvgIpc) is 3.00. The molecule has 2 aromatic rings. The predicted octanol–water partition coefficient (Wildman–Crippen LogP) is 3.92. The number of aryl methyl sites for hydroxylation is 2. The summed E-state index contributed by atoms with van der Waals surface area (Å²) in [5, 5.41) is 17.0. The summed E-state index contributed by atoms with van der Waals surface area (Å²) >= 11 is 4.41. The fourth-order valence-electron chi connectivity index (χ4n) is 2.21. The SMILES string of the molecule is CSc1nnc(SCC(=O)N(CCC#N)c2cc(C)cc(C)c2)s1. The number of thioether (sulfide) groups is 2. The van der Waals surface area contributed by atoms with Gasteiger partial charge >= 0.3 is 0 Å². The number of anilines is 1. The Labute approximate surface area is 154 Å². The molecular formula is C16H18N4OS3. The first kappa shape index (κ1) is 18.8. The van der Waals surface area contributed by atoms with Crippen molar-refractivity contribution in [2.45, 2.75) is 28.9 Å². The Morgan fingerprint density at radius 2 is 1.92 bits per heavy atom. The predicted molar refractivity (Wildman–Crippen MR) is 101 cm³/mol. The molecule has 0 aliphatic carbocycles. The topological polar surface area (TPSA) is 69.9 Å². The van der Waals surface area contributed by atoms with Crippen LogP contribution in [0.15, 0.2) is 26.9 Å². The average molecular weight is 379 g/mol. The number of aromatic nitrogens is 2. The molecule has 1 heterocycles. The number of hydrogen-bond donors (Lipinski definition) is 0. The lowest BCUT2D eigenvalue weighted by Gasteiger charge is -2.22. The molecule has 5 nitrogen and oxygen atoms in total. The molecule has 0 fully saturated rings. The Hall–Kier alpha value is -1.56. The molecule has 0 bridgehead atoms. The smallest absolute Gasteiger partial charge is 0.237 e. The first-order valence-electron chi connectivity index (χ1n) is 7.29. The minimum atomic E-state index is -0.0267. The summed E-state index contributed by atoms with van der Waals surface area (Å²) < 4.78 is 1.67. The Morgan fingerprint density at radius 3 is 2.50 bits per heavy atom. The van der Waals surface area contributed by atoms with Crippen molar-refractivity contribution in [3.05, 3.63) is 29.3 Å². The summed E-state index contributed by atoms with van der Waals surface area (Å²) in [6.07, 6.45) is 2.25. The van der Waals surface area contributed by atoms with Gasteiger partial charge in [-0.3, -0.25) is 4.79 Å². The summed E-state index contributed by atoms with van der Waals surface area (Å²) in [7, 11) is 0. The third-order valence-electron chi connectivity index (χ3n) is 3.15. The van der Waals surface area contributed by atoms with Crippen molar-refractivity contribution in [3.63, 3.8) is 0 Å². The van der Waals surface area contributed by atoms with Crippen LogP contribution >= 0.6 is 34.9 Å². The second-order valence-electron chi connectivity index (χ2n) is 5.13. The van der Waals surface area contributed by atoms with Crippen LogP contribution in [0.5, 0.6) is 0 Å². The minimum Gasteiger partial charge on any atom is -0.311 e. The molecule has 2 rings (SSSR count). The van der Waals surface area contributed by atoms with Gasteiger partial charge in [0.2, 0.25) is 5.91 Å². The largest absolute Gasteiger partial charge is 0.311 e. The highest BCUT2D eigenvalue weighted by Crippen LogP contribution is 2.28. The molecule has 8 heteroatoms. The van der Waals surface area contributed by atoms with E-state index in [0.29, 0.717) is 13.0 Å². The normalized spacial score (nSPS) is 10.4. The Balaban J connectivity index is 2.11. The summed E-state index contributed by atoms with van der Waals surface area (Å²) in [4.78, 5) is 14.4. The highest BCUT2D eigenvalue weighted by molar-refractivity contribution is 8.03. The quantitative estimate of drug-likeness (QED) is 0.680. The van der Waals surface area contributed by atoms with Gasteiger partial charge in [0.15, 0.2) is 8.68 Å². The van der Waals surface area contributed by atoms with Gasteiger partial charge < -0.3 is 4.90 Å². The van der Waals surface area contributed by atoms with Crippen LogP contribution in [0.2, 0.25) is 0 Å². The van der Waals surface area contributed by atoms with Gasteiger partial charge in [0.25, 0.3) is 0 Å². The molecule has 1 amide bonds. The van der Waals surface area contributed by atoms with Crippen molar-refractivity contribution < 1.29 is 4.79 Å². The number of rotatable bonds is 7. The van der Waals surface area contributed by atoms with Gasteiger partial charge in [-0.15, -0.1) is 10.2 Å². The monoisotopic (exact) mass is 378 g/mol. The maximum atomic E-state index is 12.7. The van der Waals surface area contributed by atoms with E-state index in [4.69, 9.17) is 5.26 Å². The van der Waals surface area contributed by atoms with E-state index in [0.717, 1.165) is 25.5 Å². The van der Waals surface area contributed by atoms with Gasteiger partial charge in [0.1, 0.15) is 0 Å². The first-order valence-corrected chi connectivity index (χ1v) is 10.3. The molecule has 0 saturated carbocycles. The molecule has 1 aromatic heterocycles. The van der Waals surface area contributed by atoms with Crippen molar-refractivity contribution in [2.24, 2.45) is 0 Å². The van der Waals surface area contributed by atoms with Crippen molar-refractivity contribution in [3.8, 4) is 6.07 Å². The fraction of sp³-hybridized carbons (Fsp3) is 0.375. The van der Waals surface area contributed by atoms with Crippen LogP contribution in [-0.4, -0.2) is 34.7 Å². The van der Waals surface area contributed by atoms with Crippen molar-refractivity contribution in [2.75, 3.05) is 23.5 Å². The van der Waals surface area contributed by atoms with Crippen LogP contribution < -0.4 is 4.90 Å². The second kappa shape index (κ2) is 9.06. The molecule has 126 valence electrons. The van der Waals surface area contributed by atoms with E-state index in [1.807, 2.05) is 32.2 Å². The summed E-state index contributed by atoms with van der Waals surface area (Å²) in [5.41, 5.74) is 3.04. The van der Waals surface area contributed by atoms with E-state index in [9.17, 15) is 4.79 Å². The lowest BCUT2D eigenvalue weighted by molar-refractivity contribution is -0.116. The third-order valence-corrected chi connectivity index (χ3v) is 6.16. The maximum absolute atomic E-state index is 12.7. The van der Waals surface area contributed by atoms with Crippen LogP contribution in [0.25, 0.3) is 0 Å². The zero-order valence-corrected chi connectivity index (χ0v) is 16.2. The number of carbonyl (C=O) groups excluding carboxylic acids is 1. The molecule has 0 unspecified atom stereocenters. The summed E-state index contributed by atoms with van der Waals surface area (Å²) in [6.45, 7) is 4.40. The zero-order chi connectivity index (χ0) is 17.5. The van der Waals surface area contributed by atoms with E-state index >= 15 is 0 Å².